The summed E-state index contributed by atoms with van der Waals surface area (Å²) in [4.78, 5) is 13.2. The Hall–Kier alpha value is -2.82. The summed E-state index contributed by atoms with van der Waals surface area (Å²) >= 11 is 0. The fourth-order valence-electron chi connectivity index (χ4n) is 3.90. The second-order valence-electron chi connectivity index (χ2n) is 7.77. The van der Waals surface area contributed by atoms with E-state index < -0.39 is 26.7 Å². The van der Waals surface area contributed by atoms with Gasteiger partial charge in [-0.1, -0.05) is 32.0 Å². The monoisotopic (exact) mass is 486 g/mol. The molecule has 1 aromatic heterocycles. The van der Waals surface area contributed by atoms with Crippen molar-refractivity contribution in [2.75, 3.05) is 18.4 Å². The highest BCUT2D eigenvalue weighted by molar-refractivity contribution is 7.89. The van der Waals surface area contributed by atoms with Crippen molar-refractivity contribution in [3.8, 4) is 5.69 Å². The maximum Gasteiger partial charge on any atom is 0.256 e. The summed E-state index contributed by atoms with van der Waals surface area (Å²) in [5.74, 6) is 0.791. The Bertz CT molecular complexity index is 1330. The summed E-state index contributed by atoms with van der Waals surface area (Å²) in [5, 5.41) is 7.55. The van der Waals surface area contributed by atoms with Crippen LogP contribution in [-0.2, 0) is 32.3 Å². The molecule has 0 bridgehead atoms. The Labute approximate surface area is 196 Å². The molecule has 4 rings (SSSR count). The smallest absolute Gasteiger partial charge is 0.256 e. The molecule has 0 unspecified atom stereocenters. The van der Waals surface area contributed by atoms with Gasteiger partial charge in [0.15, 0.2) is 0 Å². The Morgan fingerprint density at radius 1 is 1.09 bits per heavy atom. The number of hydrogen-bond donors (Lipinski definition) is 1. The van der Waals surface area contributed by atoms with E-state index in [0.29, 0.717) is 41.7 Å². The van der Waals surface area contributed by atoms with Crippen molar-refractivity contribution in [1.82, 2.24) is 14.1 Å². The minimum atomic E-state index is -3.60. The first-order valence-electron chi connectivity index (χ1n) is 10.7. The number of nitrogens with zero attached hydrogens (tertiary/aromatic N) is 3. The van der Waals surface area contributed by atoms with Gasteiger partial charge in [-0.2, -0.15) is 9.40 Å². The molecule has 33 heavy (non-hydrogen) atoms. The standard InChI is InChI=1S/C23H26N4O4S2/c1-4-26(5-2)33(30,31)18-12-10-17(11-13-18)23(28)24-22-19-14-32(29)15-20(19)25-27(22)21-9-7-6-8-16(21)3/h6-13H,4-5,14-15H2,1-3H3,(H,24,28)/t32-/m1/s1. The Morgan fingerprint density at radius 3 is 2.39 bits per heavy atom. The zero-order chi connectivity index (χ0) is 23.8. The summed E-state index contributed by atoms with van der Waals surface area (Å²) < 4.78 is 40.6. The zero-order valence-electron chi connectivity index (χ0n) is 18.7. The van der Waals surface area contributed by atoms with Crippen molar-refractivity contribution < 1.29 is 17.4 Å². The molecular weight excluding hydrogens is 460 g/mol. The van der Waals surface area contributed by atoms with E-state index in [1.807, 2.05) is 31.2 Å². The van der Waals surface area contributed by atoms with Crippen LogP contribution in [0.2, 0.25) is 0 Å². The molecule has 1 aliphatic rings. The molecule has 0 aliphatic carbocycles. The number of fused-ring (bicyclic) bond motifs is 1. The lowest BCUT2D eigenvalue weighted by atomic mass is 10.2. The number of carbonyl (C=O) groups is 1. The molecule has 0 saturated carbocycles. The van der Waals surface area contributed by atoms with Crippen LogP contribution in [0.3, 0.4) is 0 Å². The van der Waals surface area contributed by atoms with Gasteiger partial charge in [0.05, 0.1) is 27.8 Å². The van der Waals surface area contributed by atoms with Gasteiger partial charge in [-0.05, 0) is 42.8 Å². The van der Waals surface area contributed by atoms with Crippen LogP contribution in [0.25, 0.3) is 5.69 Å². The Morgan fingerprint density at radius 2 is 1.76 bits per heavy atom. The number of nitrogens with one attached hydrogen (secondary N) is 1. The summed E-state index contributed by atoms with van der Waals surface area (Å²) in [7, 11) is -4.65. The molecule has 3 aromatic rings. The van der Waals surface area contributed by atoms with Crippen LogP contribution in [0.4, 0.5) is 5.82 Å². The second kappa shape index (κ2) is 9.20. The lowest BCUT2D eigenvalue weighted by Gasteiger charge is -2.18. The Balaban J connectivity index is 1.66. The summed E-state index contributed by atoms with van der Waals surface area (Å²) in [6.45, 7) is 6.27. The fraction of sp³-hybridized carbons (Fsp3) is 0.304. The first-order valence-corrected chi connectivity index (χ1v) is 13.6. The van der Waals surface area contributed by atoms with Crippen molar-refractivity contribution in [2.24, 2.45) is 0 Å². The normalized spacial score (nSPS) is 15.6. The van der Waals surface area contributed by atoms with Crippen molar-refractivity contribution in [3.63, 3.8) is 0 Å². The number of amides is 1. The van der Waals surface area contributed by atoms with Crippen molar-refractivity contribution in [3.05, 3.63) is 70.9 Å². The van der Waals surface area contributed by atoms with Crippen LogP contribution in [0.5, 0.6) is 0 Å². The lowest BCUT2D eigenvalue weighted by molar-refractivity contribution is 0.102. The van der Waals surface area contributed by atoms with Gasteiger partial charge in [0, 0.05) is 35.0 Å². The number of aryl methyl sites for hydroxylation is 1. The number of benzene rings is 2. The quantitative estimate of drug-likeness (QED) is 0.553. The molecule has 2 aromatic carbocycles. The van der Waals surface area contributed by atoms with Gasteiger partial charge < -0.3 is 5.32 Å². The van der Waals surface area contributed by atoms with Gasteiger partial charge in [-0.25, -0.2) is 13.1 Å². The van der Waals surface area contributed by atoms with Crippen LogP contribution < -0.4 is 5.32 Å². The topological polar surface area (TPSA) is 101 Å². The lowest BCUT2D eigenvalue weighted by Crippen LogP contribution is -2.30. The number of aromatic nitrogens is 2. The third-order valence-electron chi connectivity index (χ3n) is 5.71. The van der Waals surface area contributed by atoms with Crippen LogP contribution >= 0.6 is 0 Å². The maximum atomic E-state index is 13.1. The molecule has 0 radical (unpaired) electrons. The highest BCUT2D eigenvalue weighted by Crippen LogP contribution is 2.32. The average Bonchev–Trinajstić information content (AvgIpc) is 3.31. The number of sulfonamides is 1. The SMILES string of the molecule is CCN(CC)S(=O)(=O)c1ccc(C(=O)Nc2c3c(nn2-c2ccccc2C)C[S@](=O)C3)cc1. The predicted octanol–water partition coefficient (Wildman–Crippen LogP) is 3.23. The molecule has 0 fully saturated rings. The second-order valence-corrected chi connectivity index (χ2v) is 11.2. The molecule has 174 valence electrons. The molecule has 0 spiro atoms. The van der Waals surface area contributed by atoms with E-state index in [-0.39, 0.29) is 4.90 Å². The first kappa shape index (κ1) is 23.3. The largest absolute Gasteiger partial charge is 0.306 e. The minimum absolute atomic E-state index is 0.143. The highest BCUT2D eigenvalue weighted by Gasteiger charge is 2.29. The molecular formula is C23H26N4O4S2. The summed E-state index contributed by atoms with van der Waals surface area (Å²) in [5.41, 5.74) is 3.62. The van der Waals surface area contributed by atoms with Gasteiger partial charge in [0.2, 0.25) is 10.0 Å². The van der Waals surface area contributed by atoms with Crippen molar-refractivity contribution in [2.45, 2.75) is 37.2 Å². The summed E-state index contributed by atoms with van der Waals surface area (Å²) in [6.07, 6.45) is 0. The number of para-hydroxylation sites is 1. The molecule has 1 amide bonds. The molecule has 0 saturated heterocycles. The number of anilines is 1. The maximum absolute atomic E-state index is 13.1. The molecule has 1 atom stereocenters. The third kappa shape index (κ3) is 4.38. The van der Waals surface area contributed by atoms with Gasteiger partial charge in [0.25, 0.3) is 5.91 Å². The van der Waals surface area contributed by atoms with Crippen LogP contribution in [-0.4, -0.2) is 45.7 Å². The first-order chi connectivity index (χ1) is 15.8. The summed E-state index contributed by atoms with van der Waals surface area (Å²) in [6, 6.07) is 13.6. The van der Waals surface area contributed by atoms with Crippen molar-refractivity contribution in [1.29, 1.82) is 0 Å². The number of hydrogen-bond acceptors (Lipinski definition) is 5. The molecule has 10 heteroatoms. The van der Waals surface area contributed by atoms with E-state index in [4.69, 9.17) is 0 Å². The Kier molecular flexibility index (Phi) is 6.51. The van der Waals surface area contributed by atoms with Gasteiger partial charge in [-0.3, -0.25) is 9.00 Å². The van der Waals surface area contributed by atoms with E-state index in [1.165, 1.54) is 28.6 Å². The third-order valence-corrected chi connectivity index (χ3v) is 8.98. The van der Waals surface area contributed by atoms with E-state index in [0.717, 1.165) is 16.8 Å². The van der Waals surface area contributed by atoms with Crippen LogP contribution in [0.15, 0.2) is 53.4 Å². The van der Waals surface area contributed by atoms with Gasteiger partial charge >= 0.3 is 0 Å². The van der Waals surface area contributed by atoms with E-state index in [1.54, 1.807) is 18.5 Å². The number of rotatable bonds is 7. The van der Waals surface area contributed by atoms with E-state index in [2.05, 4.69) is 10.4 Å². The van der Waals surface area contributed by atoms with E-state index >= 15 is 0 Å². The highest BCUT2D eigenvalue weighted by atomic mass is 32.2. The molecule has 2 heterocycles. The minimum Gasteiger partial charge on any atom is -0.306 e. The molecule has 1 N–H and O–H groups in total. The predicted molar refractivity (Wildman–Crippen MR) is 128 cm³/mol. The fourth-order valence-corrected chi connectivity index (χ4v) is 6.62. The van der Waals surface area contributed by atoms with Gasteiger partial charge in [-0.15, -0.1) is 0 Å². The zero-order valence-corrected chi connectivity index (χ0v) is 20.4. The van der Waals surface area contributed by atoms with Crippen LogP contribution in [0, 0.1) is 6.92 Å². The van der Waals surface area contributed by atoms with Gasteiger partial charge in [0.1, 0.15) is 5.82 Å². The molecule has 8 nitrogen and oxygen atoms in total. The van der Waals surface area contributed by atoms with E-state index in [9.17, 15) is 17.4 Å². The van der Waals surface area contributed by atoms with Crippen molar-refractivity contribution >= 4 is 32.5 Å². The average molecular weight is 487 g/mol. The van der Waals surface area contributed by atoms with Crippen LogP contribution in [0.1, 0.15) is 41.0 Å². The molecule has 1 aliphatic heterocycles. The number of carbonyl (C=O) groups excluding carboxylic acids is 1.